The third-order valence-corrected chi connectivity index (χ3v) is 3.73. The summed E-state index contributed by atoms with van der Waals surface area (Å²) in [6.45, 7) is 0.451. The lowest BCUT2D eigenvalue weighted by atomic mass is 9.99. The Labute approximate surface area is 141 Å². The van der Waals surface area contributed by atoms with Gasteiger partial charge in [0.1, 0.15) is 12.4 Å². The normalized spacial score (nSPS) is 10.2. The fourth-order valence-electron chi connectivity index (χ4n) is 2.50. The fourth-order valence-corrected chi connectivity index (χ4v) is 2.50. The van der Waals surface area contributed by atoms with Gasteiger partial charge in [-0.3, -0.25) is 0 Å². The van der Waals surface area contributed by atoms with Gasteiger partial charge in [-0.15, -0.1) is 0 Å². The average Bonchev–Trinajstić information content (AvgIpc) is 2.67. The standard InChI is InChI=1S/C21H18O3/c1-23-21(22)20-14-18(24-15-16-8-4-2-5-9-16)12-13-19(20)17-10-6-3-7-11-17/h2-14H,15H2,1H3. The van der Waals surface area contributed by atoms with E-state index in [4.69, 9.17) is 9.47 Å². The van der Waals surface area contributed by atoms with Crippen molar-refractivity contribution >= 4 is 5.97 Å². The van der Waals surface area contributed by atoms with Crippen LogP contribution in [0.4, 0.5) is 0 Å². The summed E-state index contributed by atoms with van der Waals surface area (Å²) in [5.74, 6) is 0.262. The molecule has 3 heteroatoms. The van der Waals surface area contributed by atoms with Crippen LogP contribution in [0.2, 0.25) is 0 Å². The van der Waals surface area contributed by atoms with Gasteiger partial charge in [-0.2, -0.15) is 0 Å². The molecule has 0 aliphatic rings. The molecule has 0 bridgehead atoms. The lowest BCUT2D eigenvalue weighted by Crippen LogP contribution is -2.05. The molecule has 3 aromatic carbocycles. The van der Waals surface area contributed by atoms with Gasteiger partial charge in [0.15, 0.2) is 0 Å². The monoisotopic (exact) mass is 318 g/mol. The number of hydrogen-bond donors (Lipinski definition) is 0. The van der Waals surface area contributed by atoms with Gasteiger partial charge in [-0.1, -0.05) is 60.7 Å². The number of rotatable bonds is 5. The number of carbonyl (C=O) groups is 1. The molecule has 24 heavy (non-hydrogen) atoms. The summed E-state index contributed by atoms with van der Waals surface area (Å²) in [6.07, 6.45) is 0. The molecule has 0 saturated heterocycles. The second kappa shape index (κ2) is 7.47. The molecule has 0 N–H and O–H groups in total. The fraction of sp³-hybridized carbons (Fsp3) is 0.0952. The molecule has 0 aromatic heterocycles. The topological polar surface area (TPSA) is 35.5 Å². The van der Waals surface area contributed by atoms with Crippen LogP contribution in [0.5, 0.6) is 5.75 Å². The van der Waals surface area contributed by atoms with Gasteiger partial charge in [-0.25, -0.2) is 4.79 Å². The summed E-state index contributed by atoms with van der Waals surface area (Å²) in [6, 6.07) is 25.2. The van der Waals surface area contributed by atoms with Crippen molar-refractivity contribution in [3.05, 3.63) is 90.0 Å². The number of carbonyl (C=O) groups excluding carboxylic acids is 1. The zero-order valence-corrected chi connectivity index (χ0v) is 13.4. The third kappa shape index (κ3) is 3.63. The Morgan fingerprint density at radius 2 is 1.54 bits per heavy atom. The number of hydrogen-bond acceptors (Lipinski definition) is 3. The molecule has 0 heterocycles. The Morgan fingerprint density at radius 3 is 2.21 bits per heavy atom. The molecule has 0 atom stereocenters. The number of esters is 1. The van der Waals surface area contributed by atoms with Crippen molar-refractivity contribution in [2.45, 2.75) is 6.61 Å². The van der Waals surface area contributed by atoms with Crippen LogP contribution in [-0.2, 0) is 11.3 Å². The van der Waals surface area contributed by atoms with Gasteiger partial charge in [0.2, 0.25) is 0 Å². The average molecular weight is 318 g/mol. The highest BCUT2D eigenvalue weighted by Crippen LogP contribution is 2.28. The minimum Gasteiger partial charge on any atom is -0.489 e. The van der Waals surface area contributed by atoms with Crippen molar-refractivity contribution in [1.29, 1.82) is 0 Å². The Hall–Kier alpha value is -3.07. The van der Waals surface area contributed by atoms with Crippen LogP contribution in [0.25, 0.3) is 11.1 Å². The van der Waals surface area contributed by atoms with E-state index in [2.05, 4.69) is 0 Å². The summed E-state index contributed by atoms with van der Waals surface area (Å²) in [5.41, 5.74) is 3.36. The van der Waals surface area contributed by atoms with E-state index in [-0.39, 0.29) is 5.97 Å². The predicted octanol–water partition coefficient (Wildman–Crippen LogP) is 4.72. The van der Waals surface area contributed by atoms with Crippen molar-refractivity contribution in [1.82, 2.24) is 0 Å². The van der Waals surface area contributed by atoms with E-state index in [1.165, 1.54) is 7.11 Å². The molecule has 3 rings (SSSR count). The molecule has 3 aromatic rings. The maximum Gasteiger partial charge on any atom is 0.338 e. The van der Waals surface area contributed by atoms with Crippen LogP contribution >= 0.6 is 0 Å². The number of benzene rings is 3. The maximum atomic E-state index is 12.2. The van der Waals surface area contributed by atoms with Gasteiger partial charge in [0, 0.05) is 0 Å². The quantitative estimate of drug-likeness (QED) is 0.639. The van der Waals surface area contributed by atoms with Crippen molar-refractivity contribution in [2.24, 2.45) is 0 Å². The molecule has 3 nitrogen and oxygen atoms in total. The number of methoxy groups -OCH3 is 1. The molecule has 0 aliphatic carbocycles. The summed E-state index contributed by atoms with van der Waals surface area (Å²) in [5, 5.41) is 0. The second-order valence-electron chi connectivity index (χ2n) is 5.34. The SMILES string of the molecule is COC(=O)c1cc(OCc2ccccc2)ccc1-c1ccccc1. The Bertz CT molecular complexity index is 811. The van der Waals surface area contributed by atoms with Crippen molar-refractivity contribution in [3.8, 4) is 16.9 Å². The molecule has 0 unspecified atom stereocenters. The first-order chi connectivity index (χ1) is 11.8. The zero-order valence-electron chi connectivity index (χ0n) is 13.4. The van der Waals surface area contributed by atoms with Gasteiger partial charge >= 0.3 is 5.97 Å². The summed E-state index contributed by atoms with van der Waals surface area (Å²) >= 11 is 0. The maximum absolute atomic E-state index is 12.2. The van der Waals surface area contributed by atoms with Crippen LogP contribution in [0.3, 0.4) is 0 Å². The van der Waals surface area contributed by atoms with E-state index in [9.17, 15) is 4.79 Å². The van der Waals surface area contributed by atoms with Gasteiger partial charge in [0.05, 0.1) is 12.7 Å². The van der Waals surface area contributed by atoms with Gasteiger partial charge in [-0.05, 0) is 34.9 Å². The Balaban J connectivity index is 1.89. The molecule has 0 radical (unpaired) electrons. The smallest absolute Gasteiger partial charge is 0.338 e. The highest BCUT2D eigenvalue weighted by Gasteiger charge is 2.14. The van der Waals surface area contributed by atoms with Crippen LogP contribution in [-0.4, -0.2) is 13.1 Å². The lowest BCUT2D eigenvalue weighted by molar-refractivity contribution is 0.0601. The van der Waals surface area contributed by atoms with Crippen LogP contribution in [0.15, 0.2) is 78.9 Å². The van der Waals surface area contributed by atoms with Crippen molar-refractivity contribution < 1.29 is 14.3 Å². The largest absolute Gasteiger partial charge is 0.489 e. The van der Waals surface area contributed by atoms with Gasteiger partial charge in [0.25, 0.3) is 0 Å². The number of ether oxygens (including phenoxy) is 2. The first-order valence-electron chi connectivity index (χ1n) is 7.72. The molecule has 0 spiro atoms. The molecule has 120 valence electrons. The van der Waals surface area contributed by atoms with Crippen LogP contribution in [0, 0.1) is 0 Å². The van der Waals surface area contributed by atoms with Crippen molar-refractivity contribution in [3.63, 3.8) is 0 Å². The van der Waals surface area contributed by atoms with E-state index in [1.807, 2.05) is 72.8 Å². The van der Waals surface area contributed by atoms with Crippen molar-refractivity contribution in [2.75, 3.05) is 7.11 Å². The Kier molecular flexibility index (Phi) is 4.92. The zero-order chi connectivity index (χ0) is 16.8. The first kappa shape index (κ1) is 15.8. The highest BCUT2D eigenvalue weighted by molar-refractivity contribution is 5.97. The highest BCUT2D eigenvalue weighted by atomic mass is 16.5. The lowest BCUT2D eigenvalue weighted by Gasteiger charge is -2.12. The summed E-state index contributed by atoms with van der Waals surface area (Å²) in [4.78, 5) is 12.2. The molecular weight excluding hydrogens is 300 g/mol. The van der Waals surface area contributed by atoms with E-state index in [1.54, 1.807) is 6.07 Å². The minimum atomic E-state index is -0.376. The second-order valence-corrected chi connectivity index (χ2v) is 5.34. The van der Waals surface area contributed by atoms with E-state index in [0.29, 0.717) is 17.9 Å². The molecular formula is C21H18O3. The molecule has 0 saturated carbocycles. The van der Waals surface area contributed by atoms with Crippen LogP contribution in [0.1, 0.15) is 15.9 Å². The molecule has 0 fully saturated rings. The third-order valence-electron chi connectivity index (χ3n) is 3.73. The molecule has 0 amide bonds. The van der Waals surface area contributed by atoms with E-state index in [0.717, 1.165) is 16.7 Å². The van der Waals surface area contributed by atoms with E-state index >= 15 is 0 Å². The van der Waals surface area contributed by atoms with Gasteiger partial charge < -0.3 is 9.47 Å². The van der Waals surface area contributed by atoms with E-state index < -0.39 is 0 Å². The predicted molar refractivity (Wildman–Crippen MR) is 94.0 cm³/mol. The first-order valence-corrected chi connectivity index (χ1v) is 7.72. The van der Waals surface area contributed by atoms with Crippen LogP contribution < -0.4 is 4.74 Å². The minimum absolute atomic E-state index is 0.376. The summed E-state index contributed by atoms with van der Waals surface area (Å²) in [7, 11) is 1.38. The Morgan fingerprint density at radius 1 is 0.875 bits per heavy atom. The molecule has 0 aliphatic heterocycles. The summed E-state index contributed by atoms with van der Waals surface area (Å²) < 4.78 is 10.7.